The number of amides is 2. The smallest absolute Gasteiger partial charge is 0.336 e. The Bertz CT molecular complexity index is 909. The van der Waals surface area contributed by atoms with E-state index in [2.05, 4.69) is 15.9 Å². The summed E-state index contributed by atoms with van der Waals surface area (Å²) in [7, 11) is 0. The van der Waals surface area contributed by atoms with Gasteiger partial charge in [0, 0.05) is 4.47 Å². The summed E-state index contributed by atoms with van der Waals surface area (Å²) in [4.78, 5) is 37.4. The van der Waals surface area contributed by atoms with Gasteiger partial charge in [0.25, 0.3) is 11.1 Å². The summed E-state index contributed by atoms with van der Waals surface area (Å²) in [6.07, 6.45) is 1.45. The Balaban J connectivity index is 1.89. The molecular formula is C18H12BrNO4S. The van der Waals surface area contributed by atoms with Crippen LogP contribution in [0.15, 0.2) is 57.9 Å². The molecule has 0 bridgehead atoms. The molecule has 0 radical (unpaired) electrons. The maximum atomic E-state index is 12.6. The fourth-order valence-electron chi connectivity index (χ4n) is 2.39. The molecule has 7 heteroatoms. The van der Waals surface area contributed by atoms with Crippen molar-refractivity contribution in [3.63, 3.8) is 0 Å². The van der Waals surface area contributed by atoms with E-state index in [1.165, 1.54) is 12.1 Å². The molecule has 1 N–H and O–H groups in total. The van der Waals surface area contributed by atoms with E-state index < -0.39 is 11.9 Å². The van der Waals surface area contributed by atoms with Crippen LogP contribution < -0.4 is 0 Å². The summed E-state index contributed by atoms with van der Waals surface area (Å²) in [6, 6.07) is 13.7. The number of nitrogens with zero attached hydrogens (tertiary/aromatic N) is 1. The van der Waals surface area contributed by atoms with Crippen molar-refractivity contribution < 1.29 is 19.5 Å². The molecule has 0 unspecified atom stereocenters. The first-order valence-corrected chi connectivity index (χ1v) is 8.89. The maximum Gasteiger partial charge on any atom is 0.336 e. The lowest BCUT2D eigenvalue weighted by Crippen LogP contribution is -2.27. The zero-order chi connectivity index (χ0) is 18.0. The van der Waals surface area contributed by atoms with Gasteiger partial charge < -0.3 is 5.11 Å². The van der Waals surface area contributed by atoms with E-state index in [9.17, 15) is 19.5 Å². The van der Waals surface area contributed by atoms with Crippen molar-refractivity contribution in [1.82, 2.24) is 4.90 Å². The minimum absolute atomic E-state index is 0.0834. The lowest BCUT2D eigenvalue weighted by Gasteiger charge is -2.13. The highest BCUT2D eigenvalue weighted by Crippen LogP contribution is 2.34. The lowest BCUT2D eigenvalue weighted by atomic mass is 10.1. The fourth-order valence-corrected chi connectivity index (χ4v) is 3.63. The molecule has 1 aliphatic rings. The van der Waals surface area contributed by atoms with Crippen LogP contribution in [-0.4, -0.2) is 27.1 Å². The fraction of sp³-hybridized carbons (Fsp3) is 0.0556. The van der Waals surface area contributed by atoms with Crippen LogP contribution in [0.3, 0.4) is 0 Å². The van der Waals surface area contributed by atoms with E-state index in [1.807, 2.05) is 24.3 Å². The summed E-state index contributed by atoms with van der Waals surface area (Å²) >= 11 is 4.21. The van der Waals surface area contributed by atoms with E-state index in [4.69, 9.17) is 0 Å². The molecule has 1 heterocycles. The van der Waals surface area contributed by atoms with Crippen LogP contribution >= 0.6 is 27.7 Å². The molecule has 1 aliphatic heterocycles. The minimum atomic E-state index is -1.08. The molecule has 1 saturated heterocycles. The molecular weight excluding hydrogens is 406 g/mol. The standard InChI is InChI=1S/C18H12BrNO4S/c19-14-8-4-2-6-12(14)10-20-16(21)15(25-18(20)24)9-11-5-1-3-7-13(11)17(22)23/h1-9H,10H2,(H,22,23)/b15-9-. The van der Waals surface area contributed by atoms with Gasteiger partial charge in [0.15, 0.2) is 0 Å². The molecule has 0 atom stereocenters. The van der Waals surface area contributed by atoms with Gasteiger partial charge >= 0.3 is 5.97 Å². The van der Waals surface area contributed by atoms with Gasteiger partial charge in [-0.3, -0.25) is 14.5 Å². The Kier molecular flexibility index (Phi) is 5.06. The topological polar surface area (TPSA) is 74.7 Å². The molecule has 0 aromatic heterocycles. The number of imide groups is 1. The lowest BCUT2D eigenvalue weighted by molar-refractivity contribution is -0.123. The highest BCUT2D eigenvalue weighted by atomic mass is 79.9. The number of carbonyl (C=O) groups is 3. The largest absolute Gasteiger partial charge is 0.478 e. The first-order valence-electron chi connectivity index (χ1n) is 7.28. The second-order valence-corrected chi connectivity index (χ2v) is 7.10. The molecule has 25 heavy (non-hydrogen) atoms. The van der Waals surface area contributed by atoms with Gasteiger partial charge in [0.2, 0.25) is 0 Å². The van der Waals surface area contributed by atoms with Crippen molar-refractivity contribution in [3.8, 4) is 0 Å². The summed E-state index contributed by atoms with van der Waals surface area (Å²) in [5.41, 5.74) is 1.29. The first-order chi connectivity index (χ1) is 12.0. The number of rotatable bonds is 4. The van der Waals surface area contributed by atoms with Crippen LogP contribution in [0.5, 0.6) is 0 Å². The number of carboxylic acids is 1. The number of carboxylic acid groups (broad SMARTS) is 1. The van der Waals surface area contributed by atoms with Crippen LogP contribution in [-0.2, 0) is 11.3 Å². The second-order valence-electron chi connectivity index (χ2n) is 5.25. The Morgan fingerprint density at radius 2 is 1.80 bits per heavy atom. The predicted molar refractivity (Wildman–Crippen MR) is 99.1 cm³/mol. The molecule has 3 rings (SSSR count). The second kappa shape index (κ2) is 7.25. The predicted octanol–water partition coefficient (Wildman–Crippen LogP) is 4.38. The van der Waals surface area contributed by atoms with E-state index in [-0.39, 0.29) is 22.3 Å². The molecule has 1 fully saturated rings. The van der Waals surface area contributed by atoms with E-state index >= 15 is 0 Å². The van der Waals surface area contributed by atoms with Crippen molar-refractivity contribution in [2.24, 2.45) is 0 Å². The van der Waals surface area contributed by atoms with Crippen molar-refractivity contribution in [2.45, 2.75) is 6.54 Å². The zero-order valence-electron chi connectivity index (χ0n) is 12.8. The summed E-state index contributed by atoms with van der Waals surface area (Å²) in [6.45, 7) is 0.157. The van der Waals surface area contributed by atoms with Gasteiger partial charge in [-0.15, -0.1) is 0 Å². The van der Waals surface area contributed by atoms with Gasteiger partial charge in [-0.2, -0.15) is 0 Å². The van der Waals surface area contributed by atoms with Crippen LogP contribution in [0.2, 0.25) is 0 Å². The Morgan fingerprint density at radius 1 is 1.12 bits per heavy atom. The number of thioether (sulfide) groups is 1. The molecule has 0 aliphatic carbocycles. The number of benzene rings is 2. The first kappa shape index (κ1) is 17.4. The van der Waals surface area contributed by atoms with Crippen molar-refractivity contribution in [3.05, 3.63) is 74.6 Å². The number of hydrogen-bond donors (Lipinski definition) is 1. The van der Waals surface area contributed by atoms with Gasteiger partial charge in [0.05, 0.1) is 17.0 Å². The molecule has 2 aromatic carbocycles. The van der Waals surface area contributed by atoms with E-state index in [0.717, 1.165) is 26.7 Å². The van der Waals surface area contributed by atoms with Crippen molar-refractivity contribution in [2.75, 3.05) is 0 Å². The average Bonchev–Trinajstić information content (AvgIpc) is 2.84. The molecule has 2 amide bonds. The minimum Gasteiger partial charge on any atom is -0.478 e. The third-order valence-electron chi connectivity index (χ3n) is 3.64. The van der Waals surface area contributed by atoms with Crippen molar-refractivity contribution >= 4 is 50.9 Å². The summed E-state index contributed by atoms with van der Waals surface area (Å²) in [5.74, 6) is -1.51. The average molecular weight is 418 g/mol. The SMILES string of the molecule is O=C(O)c1ccccc1/C=C1\SC(=O)N(Cc2ccccc2Br)C1=O. The summed E-state index contributed by atoms with van der Waals surface area (Å²) < 4.78 is 0.814. The third kappa shape index (κ3) is 3.67. The monoisotopic (exact) mass is 417 g/mol. The van der Waals surface area contributed by atoms with Gasteiger partial charge in [0.1, 0.15) is 0 Å². The maximum absolute atomic E-state index is 12.6. The van der Waals surface area contributed by atoms with Crippen LogP contribution in [0.25, 0.3) is 6.08 Å². The van der Waals surface area contributed by atoms with Gasteiger partial charge in [-0.1, -0.05) is 52.3 Å². The normalized spacial score (nSPS) is 15.9. The number of hydrogen-bond acceptors (Lipinski definition) is 4. The highest BCUT2D eigenvalue weighted by Gasteiger charge is 2.35. The third-order valence-corrected chi connectivity index (χ3v) is 5.32. The molecule has 2 aromatic rings. The molecule has 5 nitrogen and oxygen atoms in total. The van der Waals surface area contributed by atoms with Gasteiger partial charge in [-0.25, -0.2) is 4.79 Å². The Hall–Kier alpha value is -2.38. The number of aromatic carboxylic acids is 1. The number of carbonyl (C=O) groups excluding carboxylic acids is 2. The van der Waals surface area contributed by atoms with E-state index in [0.29, 0.717) is 5.56 Å². The van der Waals surface area contributed by atoms with Gasteiger partial charge in [-0.05, 0) is 41.1 Å². The molecule has 126 valence electrons. The Labute approximate surface area is 156 Å². The Morgan fingerprint density at radius 3 is 2.52 bits per heavy atom. The number of halogens is 1. The highest BCUT2D eigenvalue weighted by molar-refractivity contribution is 9.10. The molecule has 0 saturated carbocycles. The zero-order valence-corrected chi connectivity index (χ0v) is 15.2. The van der Waals surface area contributed by atoms with Crippen LogP contribution in [0, 0.1) is 0 Å². The quantitative estimate of drug-likeness (QED) is 0.746. The van der Waals surface area contributed by atoms with E-state index in [1.54, 1.807) is 18.2 Å². The van der Waals surface area contributed by atoms with Crippen molar-refractivity contribution in [1.29, 1.82) is 0 Å². The summed E-state index contributed by atoms with van der Waals surface area (Å²) in [5, 5.41) is 8.86. The molecule has 0 spiro atoms. The van der Waals surface area contributed by atoms with Crippen LogP contribution in [0.4, 0.5) is 4.79 Å². The van der Waals surface area contributed by atoms with Crippen LogP contribution in [0.1, 0.15) is 21.5 Å².